The Balaban J connectivity index is 2.13. The second-order valence-electron chi connectivity index (χ2n) is 8.75. The standard InChI is InChI=1S/C26H36ClN3O4S/c1-5-6-16-28-26(32)21(3)29(19-22-14-12-20(2)13-15-22)25(31)11-8-17-30(35(4,33)34)24-10-7-9-23(27)18-24/h7,9-10,12-15,18,21H,5-6,8,11,16-17,19H2,1-4H3,(H,28,32). The Morgan fingerprint density at radius 3 is 2.37 bits per heavy atom. The minimum Gasteiger partial charge on any atom is -0.354 e. The number of aryl methyl sites for hydroxylation is 1. The van der Waals surface area contributed by atoms with Gasteiger partial charge < -0.3 is 10.2 Å². The molecule has 0 saturated heterocycles. The summed E-state index contributed by atoms with van der Waals surface area (Å²) in [5, 5.41) is 3.33. The summed E-state index contributed by atoms with van der Waals surface area (Å²) in [6, 6.07) is 13.8. The fraction of sp³-hybridized carbons (Fsp3) is 0.462. The van der Waals surface area contributed by atoms with Gasteiger partial charge in [0, 0.05) is 31.1 Å². The Morgan fingerprint density at radius 2 is 1.77 bits per heavy atom. The first-order chi connectivity index (χ1) is 16.5. The van der Waals surface area contributed by atoms with E-state index in [4.69, 9.17) is 11.6 Å². The molecule has 0 radical (unpaired) electrons. The Morgan fingerprint density at radius 1 is 1.09 bits per heavy atom. The van der Waals surface area contributed by atoms with Gasteiger partial charge in [-0.2, -0.15) is 0 Å². The SMILES string of the molecule is CCCCNC(=O)C(C)N(Cc1ccc(C)cc1)C(=O)CCCN(c1cccc(Cl)c1)S(C)(=O)=O. The molecule has 2 rings (SSSR count). The van der Waals surface area contributed by atoms with Gasteiger partial charge in [-0.15, -0.1) is 0 Å². The van der Waals surface area contributed by atoms with Crippen LogP contribution in [0.25, 0.3) is 0 Å². The van der Waals surface area contributed by atoms with Crippen LogP contribution in [0.1, 0.15) is 50.7 Å². The zero-order chi connectivity index (χ0) is 26.0. The molecule has 9 heteroatoms. The molecule has 0 spiro atoms. The second-order valence-corrected chi connectivity index (χ2v) is 11.1. The molecule has 1 unspecified atom stereocenters. The van der Waals surface area contributed by atoms with E-state index < -0.39 is 16.1 Å². The summed E-state index contributed by atoms with van der Waals surface area (Å²) < 4.78 is 26.0. The van der Waals surface area contributed by atoms with E-state index in [9.17, 15) is 18.0 Å². The molecule has 2 aromatic rings. The van der Waals surface area contributed by atoms with Gasteiger partial charge in [0.15, 0.2) is 0 Å². The number of carbonyl (C=O) groups excluding carboxylic acids is 2. The third kappa shape index (κ3) is 9.18. The maximum absolute atomic E-state index is 13.3. The summed E-state index contributed by atoms with van der Waals surface area (Å²) in [5.74, 6) is -0.404. The molecule has 0 saturated carbocycles. The molecule has 0 aliphatic heterocycles. The molecule has 7 nitrogen and oxygen atoms in total. The first-order valence-corrected chi connectivity index (χ1v) is 14.1. The van der Waals surface area contributed by atoms with Gasteiger partial charge in [0.25, 0.3) is 0 Å². The Hall–Kier alpha value is -2.58. The first-order valence-electron chi connectivity index (χ1n) is 11.9. The molecule has 2 amide bonds. The average Bonchev–Trinajstić information content (AvgIpc) is 2.80. The van der Waals surface area contributed by atoms with Crippen molar-refractivity contribution in [3.8, 4) is 0 Å². The molecule has 0 fully saturated rings. The maximum Gasteiger partial charge on any atom is 0.242 e. The quantitative estimate of drug-likeness (QED) is 0.392. The number of sulfonamides is 1. The predicted octanol–water partition coefficient (Wildman–Crippen LogP) is 4.53. The molecular formula is C26H36ClN3O4S. The van der Waals surface area contributed by atoms with Crippen LogP contribution >= 0.6 is 11.6 Å². The molecule has 0 heterocycles. The first kappa shape index (κ1) is 28.7. The lowest BCUT2D eigenvalue weighted by atomic mass is 10.1. The Bertz CT molecular complexity index is 1090. The number of rotatable bonds is 13. The van der Waals surface area contributed by atoms with E-state index in [0.29, 0.717) is 30.2 Å². The number of benzene rings is 2. The largest absolute Gasteiger partial charge is 0.354 e. The topological polar surface area (TPSA) is 86.8 Å². The van der Waals surface area contributed by atoms with Crippen LogP contribution in [0.15, 0.2) is 48.5 Å². The van der Waals surface area contributed by atoms with Crippen molar-refractivity contribution < 1.29 is 18.0 Å². The average molecular weight is 522 g/mol. The van der Waals surface area contributed by atoms with Crippen molar-refractivity contribution in [3.63, 3.8) is 0 Å². The van der Waals surface area contributed by atoms with E-state index in [1.165, 1.54) is 4.31 Å². The van der Waals surface area contributed by atoms with Gasteiger partial charge in [0.05, 0.1) is 11.9 Å². The van der Waals surface area contributed by atoms with Crippen molar-refractivity contribution in [2.45, 2.75) is 59.0 Å². The normalized spacial score (nSPS) is 12.1. The van der Waals surface area contributed by atoms with E-state index in [2.05, 4.69) is 5.32 Å². The second kappa shape index (κ2) is 13.5. The summed E-state index contributed by atoms with van der Waals surface area (Å²) in [7, 11) is -3.56. The summed E-state index contributed by atoms with van der Waals surface area (Å²) >= 11 is 6.04. The highest BCUT2D eigenvalue weighted by atomic mass is 35.5. The van der Waals surface area contributed by atoms with Crippen molar-refractivity contribution in [3.05, 3.63) is 64.7 Å². The van der Waals surface area contributed by atoms with Gasteiger partial charge >= 0.3 is 0 Å². The van der Waals surface area contributed by atoms with E-state index >= 15 is 0 Å². The Labute approximate surface area is 214 Å². The number of hydrogen-bond acceptors (Lipinski definition) is 4. The van der Waals surface area contributed by atoms with Crippen LogP contribution in [-0.2, 0) is 26.2 Å². The molecule has 0 aromatic heterocycles. The van der Waals surface area contributed by atoms with Crippen molar-refractivity contribution in [2.75, 3.05) is 23.7 Å². The van der Waals surface area contributed by atoms with Crippen molar-refractivity contribution in [1.82, 2.24) is 10.2 Å². The molecule has 35 heavy (non-hydrogen) atoms. The number of nitrogens with one attached hydrogen (secondary N) is 1. The van der Waals surface area contributed by atoms with Crippen LogP contribution in [0.3, 0.4) is 0 Å². The molecule has 1 N–H and O–H groups in total. The van der Waals surface area contributed by atoms with Crippen molar-refractivity contribution in [1.29, 1.82) is 0 Å². The highest BCUT2D eigenvalue weighted by Gasteiger charge is 2.26. The minimum absolute atomic E-state index is 0.102. The number of unbranched alkanes of at least 4 members (excludes halogenated alkanes) is 1. The molecule has 1 atom stereocenters. The Kier molecular flexibility index (Phi) is 11.0. The van der Waals surface area contributed by atoms with Crippen LogP contribution < -0.4 is 9.62 Å². The van der Waals surface area contributed by atoms with Crippen LogP contribution in [-0.4, -0.2) is 50.5 Å². The molecule has 192 valence electrons. The van der Waals surface area contributed by atoms with Gasteiger partial charge in [-0.1, -0.05) is 60.8 Å². The number of halogens is 1. The van der Waals surface area contributed by atoms with Crippen LogP contribution in [0.5, 0.6) is 0 Å². The smallest absolute Gasteiger partial charge is 0.242 e. The number of hydrogen-bond donors (Lipinski definition) is 1. The highest BCUT2D eigenvalue weighted by Crippen LogP contribution is 2.22. The zero-order valence-electron chi connectivity index (χ0n) is 21.0. The molecule has 2 aromatic carbocycles. The molecule has 0 aliphatic carbocycles. The third-order valence-electron chi connectivity index (χ3n) is 5.72. The van der Waals surface area contributed by atoms with Crippen molar-refractivity contribution >= 4 is 39.1 Å². The fourth-order valence-corrected chi connectivity index (χ4v) is 4.79. The summed E-state index contributed by atoms with van der Waals surface area (Å²) in [5.41, 5.74) is 2.49. The van der Waals surface area contributed by atoms with Gasteiger partial charge in [-0.25, -0.2) is 8.42 Å². The maximum atomic E-state index is 13.3. The zero-order valence-corrected chi connectivity index (χ0v) is 22.5. The third-order valence-corrected chi connectivity index (χ3v) is 7.15. The lowest BCUT2D eigenvalue weighted by Crippen LogP contribution is -2.48. The predicted molar refractivity (Wildman–Crippen MR) is 142 cm³/mol. The number of carbonyl (C=O) groups is 2. The minimum atomic E-state index is -3.56. The monoisotopic (exact) mass is 521 g/mol. The summed E-state index contributed by atoms with van der Waals surface area (Å²) in [6.45, 7) is 6.75. The summed E-state index contributed by atoms with van der Waals surface area (Å²) in [6.07, 6.45) is 3.36. The van der Waals surface area contributed by atoms with E-state index in [1.54, 1.807) is 36.1 Å². The van der Waals surface area contributed by atoms with Gasteiger partial charge in [-0.3, -0.25) is 13.9 Å². The van der Waals surface area contributed by atoms with Gasteiger partial charge in [0.2, 0.25) is 21.8 Å². The van der Waals surface area contributed by atoms with Crippen LogP contribution in [0, 0.1) is 6.92 Å². The lowest BCUT2D eigenvalue weighted by Gasteiger charge is -2.29. The van der Waals surface area contributed by atoms with Crippen molar-refractivity contribution in [2.24, 2.45) is 0 Å². The number of anilines is 1. The van der Waals surface area contributed by atoms with E-state index in [-0.39, 0.29) is 24.8 Å². The number of nitrogens with zero attached hydrogens (tertiary/aromatic N) is 2. The van der Waals surface area contributed by atoms with Gasteiger partial charge in [0.1, 0.15) is 6.04 Å². The van der Waals surface area contributed by atoms with E-state index in [1.807, 2.05) is 38.1 Å². The van der Waals surface area contributed by atoms with Crippen LogP contribution in [0.2, 0.25) is 5.02 Å². The highest BCUT2D eigenvalue weighted by molar-refractivity contribution is 7.92. The summed E-state index contributed by atoms with van der Waals surface area (Å²) in [4.78, 5) is 27.6. The number of amides is 2. The van der Waals surface area contributed by atoms with Gasteiger partial charge in [-0.05, 0) is 50.5 Å². The van der Waals surface area contributed by atoms with E-state index in [0.717, 1.165) is 30.2 Å². The van der Waals surface area contributed by atoms with Crippen LogP contribution in [0.4, 0.5) is 5.69 Å². The fourth-order valence-electron chi connectivity index (χ4n) is 3.64. The molecular weight excluding hydrogens is 486 g/mol. The molecule has 0 bridgehead atoms. The molecule has 0 aliphatic rings. The lowest BCUT2D eigenvalue weighted by molar-refractivity contribution is -0.140.